The van der Waals surface area contributed by atoms with Crippen LogP contribution in [-0.4, -0.2) is 19.6 Å². The van der Waals surface area contributed by atoms with Crippen LogP contribution in [0, 0.1) is 6.92 Å². The summed E-state index contributed by atoms with van der Waals surface area (Å²) in [6.45, 7) is 4.51. The molecule has 0 radical (unpaired) electrons. The first-order valence-electron chi connectivity index (χ1n) is 7.94. The average Bonchev–Trinajstić information content (AvgIpc) is 2.87. The number of carbonyl (C=O) groups is 1. The van der Waals surface area contributed by atoms with E-state index < -0.39 is 0 Å². The zero-order valence-electron chi connectivity index (χ0n) is 14.0. The molecule has 0 aliphatic carbocycles. The molecule has 0 aromatic heterocycles. The fourth-order valence-electron chi connectivity index (χ4n) is 3.12. The fraction of sp³-hybridized carbons (Fsp3) is 0.316. The second kappa shape index (κ2) is 6.85. The second-order valence-corrected chi connectivity index (χ2v) is 6.68. The van der Waals surface area contributed by atoms with Crippen LogP contribution in [0.25, 0.3) is 0 Å². The summed E-state index contributed by atoms with van der Waals surface area (Å²) in [4.78, 5) is 12.4. The number of hydrogen-bond acceptors (Lipinski definition) is 3. The molecule has 2 aromatic rings. The third-order valence-electron chi connectivity index (χ3n) is 4.26. The van der Waals surface area contributed by atoms with Crippen LogP contribution >= 0.6 is 15.9 Å². The lowest BCUT2D eigenvalue weighted by Crippen LogP contribution is -2.14. The van der Waals surface area contributed by atoms with Gasteiger partial charge in [0.25, 0.3) is 0 Å². The number of benzene rings is 2. The minimum Gasteiger partial charge on any atom is -0.493 e. The molecule has 1 aliphatic heterocycles. The topological polar surface area (TPSA) is 47.6 Å². The van der Waals surface area contributed by atoms with Gasteiger partial charge < -0.3 is 14.8 Å². The fourth-order valence-corrected chi connectivity index (χ4v) is 3.72. The molecule has 0 fully saturated rings. The number of nitrogens with one attached hydrogen (secondary N) is 1. The largest absolute Gasteiger partial charge is 0.493 e. The van der Waals surface area contributed by atoms with Crippen molar-refractivity contribution in [1.82, 2.24) is 0 Å². The second-order valence-electron chi connectivity index (χ2n) is 5.83. The van der Waals surface area contributed by atoms with Crippen LogP contribution < -0.4 is 14.8 Å². The van der Waals surface area contributed by atoms with E-state index in [9.17, 15) is 4.79 Å². The lowest BCUT2D eigenvalue weighted by Gasteiger charge is -2.15. The van der Waals surface area contributed by atoms with Gasteiger partial charge in [0.15, 0.2) is 11.5 Å². The van der Waals surface area contributed by atoms with Crippen molar-refractivity contribution in [3.63, 3.8) is 0 Å². The maximum Gasteiger partial charge on any atom is 0.232 e. The molecule has 1 aliphatic rings. The molecule has 0 saturated heterocycles. The molecule has 1 N–H and O–H groups in total. The van der Waals surface area contributed by atoms with Gasteiger partial charge in [-0.05, 0) is 65.0 Å². The minimum absolute atomic E-state index is 0.0447. The monoisotopic (exact) mass is 389 g/mol. The highest BCUT2D eigenvalue weighted by atomic mass is 79.9. The minimum atomic E-state index is -0.186. The van der Waals surface area contributed by atoms with Gasteiger partial charge in [-0.3, -0.25) is 4.79 Å². The number of para-hydroxylation sites is 1. The molecule has 1 amide bonds. The van der Waals surface area contributed by atoms with Gasteiger partial charge in [0, 0.05) is 5.69 Å². The Morgan fingerprint density at radius 3 is 2.79 bits per heavy atom. The lowest BCUT2D eigenvalue weighted by molar-refractivity contribution is -0.117. The predicted octanol–water partition coefficient (Wildman–Crippen LogP) is 4.44. The van der Waals surface area contributed by atoms with Crippen molar-refractivity contribution in [2.45, 2.75) is 26.2 Å². The molecule has 5 heteroatoms. The molecule has 0 bridgehead atoms. The van der Waals surface area contributed by atoms with E-state index in [2.05, 4.69) is 21.2 Å². The first kappa shape index (κ1) is 16.8. The van der Waals surface area contributed by atoms with Crippen molar-refractivity contribution in [1.29, 1.82) is 0 Å². The molecule has 4 nitrogen and oxygen atoms in total. The van der Waals surface area contributed by atoms with Crippen molar-refractivity contribution < 1.29 is 14.3 Å². The number of rotatable bonds is 5. The van der Waals surface area contributed by atoms with Gasteiger partial charge in [0.1, 0.15) is 0 Å². The summed E-state index contributed by atoms with van der Waals surface area (Å²) in [5.41, 5.74) is 4.12. The van der Waals surface area contributed by atoms with Crippen LogP contribution in [0.3, 0.4) is 0 Å². The van der Waals surface area contributed by atoms with Gasteiger partial charge >= 0.3 is 0 Å². The molecule has 1 heterocycles. The van der Waals surface area contributed by atoms with Crippen molar-refractivity contribution in [3.05, 3.63) is 51.5 Å². The Balaban J connectivity index is 1.94. The highest BCUT2D eigenvalue weighted by molar-refractivity contribution is 9.10. The van der Waals surface area contributed by atoms with Gasteiger partial charge in [0.2, 0.25) is 5.91 Å². The molecule has 1 atom stereocenters. The highest BCUT2D eigenvalue weighted by Gasteiger charge is 2.31. The Bertz CT molecular complexity index is 788. The van der Waals surface area contributed by atoms with E-state index in [1.54, 1.807) is 7.11 Å². The smallest absolute Gasteiger partial charge is 0.232 e. The summed E-state index contributed by atoms with van der Waals surface area (Å²) >= 11 is 3.54. The Labute approximate surface area is 150 Å². The van der Waals surface area contributed by atoms with E-state index >= 15 is 0 Å². The van der Waals surface area contributed by atoms with Crippen LogP contribution in [0.4, 0.5) is 5.69 Å². The summed E-state index contributed by atoms with van der Waals surface area (Å²) in [6, 6.07) is 9.96. The first-order chi connectivity index (χ1) is 11.5. The number of carbonyl (C=O) groups excluding carboxylic acids is 1. The van der Waals surface area contributed by atoms with Crippen molar-refractivity contribution in [3.8, 4) is 11.5 Å². The Morgan fingerprint density at radius 2 is 2.08 bits per heavy atom. The van der Waals surface area contributed by atoms with Gasteiger partial charge in [0.05, 0.1) is 24.1 Å². The maximum atomic E-state index is 12.4. The van der Waals surface area contributed by atoms with E-state index in [-0.39, 0.29) is 11.8 Å². The number of halogens is 1. The van der Waals surface area contributed by atoms with Crippen molar-refractivity contribution in [2.75, 3.05) is 19.0 Å². The molecule has 2 aromatic carbocycles. The van der Waals surface area contributed by atoms with Crippen LogP contribution in [-0.2, 0) is 11.2 Å². The zero-order chi connectivity index (χ0) is 17.3. The van der Waals surface area contributed by atoms with Crippen LogP contribution in [0.1, 0.15) is 29.5 Å². The summed E-state index contributed by atoms with van der Waals surface area (Å²) in [6.07, 6.45) is 0.615. The van der Waals surface area contributed by atoms with Gasteiger partial charge in [-0.15, -0.1) is 0 Å². The number of anilines is 1. The average molecular weight is 390 g/mol. The molecule has 126 valence electrons. The number of hydrogen-bond donors (Lipinski definition) is 1. The van der Waals surface area contributed by atoms with Crippen LogP contribution in [0.5, 0.6) is 11.5 Å². The van der Waals surface area contributed by atoms with Crippen LogP contribution in [0.15, 0.2) is 34.8 Å². The van der Waals surface area contributed by atoms with Crippen LogP contribution in [0.2, 0.25) is 0 Å². The summed E-state index contributed by atoms with van der Waals surface area (Å²) in [5.74, 6) is 1.22. The maximum absolute atomic E-state index is 12.4. The van der Waals surface area contributed by atoms with Crippen molar-refractivity contribution >= 4 is 27.5 Å². The van der Waals surface area contributed by atoms with Gasteiger partial charge in [-0.2, -0.15) is 0 Å². The Morgan fingerprint density at radius 1 is 1.29 bits per heavy atom. The highest BCUT2D eigenvalue weighted by Crippen LogP contribution is 2.40. The lowest BCUT2D eigenvalue weighted by atomic mass is 9.92. The molecule has 24 heavy (non-hydrogen) atoms. The summed E-state index contributed by atoms with van der Waals surface area (Å²) in [5, 5.41) is 3.00. The molecule has 0 spiro atoms. The number of ether oxygens (including phenoxy) is 2. The van der Waals surface area contributed by atoms with E-state index in [0.29, 0.717) is 24.5 Å². The molecule has 3 rings (SSSR count). The summed E-state index contributed by atoms with van der Waals surface area (Å²) < 4.78 is 11.9. The summed E-state index contributed by atoms with van der Waals surface area (Å²) in [7, 11) is 1.62. The third-order valence-corrected chi connectivity index (χ3v) is 4.85. The van der Waals surface area contributed by atoms with Gasteiger partial charge in [-0.25, -0.2) is 0 Å². The quantitative estimate of drug-likeness (QED) is 0.821. The number of aryl methyl sites for hydroxylation is 1. The molecule has 0 saturated carbocycles. The zero-order valence-corrected chi connectivity index (χ0v) is 15.6. The van der Waals surface area contributed by atoms with E-state index in [4.69, 9.17) is 9.47 Å². The third kappa shape index (κ3) is 3.00. The van der Waals surface area contributed by atoms with Gasteiger partial charge in [-0.1, -0.05) is 18.2 Å². The SMILES string of the molecule is CCOc1c(Br)cc(CC2C(=O)Nc3c(C)cccc32)cc1OC. The molecule has 1 unspecified atom stereocenters. The Hall–Kier alpha value is -2.01. The first-order valence-corrected chi connectivity index (χ1v) is 8.74. The number of amides is 1. The Kier molecular flexibility index (Phi) is 4.81. The van der Waals surface area contributed by atoms with E-state index in [1.165, 1.54) is 0 Å². The predicted molar refractivity (Wildman–Crippen MR) is 98.1 cm³/mol. The normalized spacial score (nSPS) is 15.8. The van der Waals surface area contributed by atoms with E-state index in [0.717, 1.165) is 26.9 Å². The standard InChI is InChI=1S/C19H20BrNO3/c1-4-24-18-15(20)9-12(10-16(18)23-3)8-14-13-7-5-6-11(2)17(13)21-19(14)22/h5-7,9-10,14H,4,8H2,1-3H3,(H,21,22). The van der Waals surface area contributed by atoms with E-state index in [1.807, 2.05) is 44.2 Å². The molecular formula is C19H20BrNO3. The number of fused-ring (bicyclic) bond motifs is 1. The number of methoxy groups -OCH3 is 1. The molecular weight excluding hydrogens is 370 g/mol. The van der Waals surface area contributed by atoms with Crippen molar-refractivity contribution in [2.24, 2.45) is 0 Å².